The minimum absolute atomic E-state index is 0.00272. The molecule has 3 N–H and O–H groups in total. The van der Waals surface area contributed by atoms with E-state index in [1.807, 2.05) is 25.1 Å². The number of primary amides is 1. The molecule has 0 spiro atoms. The van der Waals surface area contributed by atoms with Gasteiger partial charge in [-0.2, -0.15) is 0 Å². The van der Waals surface area contributed by atoms with E-state index in [1.165, 1.54) is 0 Å². The predicted octanol–water partition coefficient (Wildman–Crippen LogP) is 2.37. The molecule has 1 unspecified atom stereocenters. The Labute approximate surface area is 129 Å². The Morgan fingerprint density at radius 3 is 2.55 bits per heavy atom. The third-order valence-electron chi connectivity index (χ3n) is 3.30. The lowest BCUT2D eigenvalue weighted by Gasteiger charge is -2.17. The van der Waals surface area contributed by atoms with Gasteiger partial charge in [-0.3, -0.25) is 9.78 Å². The second kappa shape index (κ2) is 6.80. The Morgan fingerprint density at radius 2 is 1.91 bits per heavy atom. The summed E-state index contributed by atoms with van der Waals surface area (Å²) in [5.74, 6) is 0.794. The fourth-order valence-electron chi connectivity index (χ4n) is 2.11. The fraction of sp³-hybridized carbons (Fsp3) is 0.250. The van der Waals surface area contributed by atoms with Gasteiger partial charge < -0.3 is 20.5 Å². The van der Waals surface area contributed by atoms with Crippen molar-refractivity contribution in [2.24, 2.45) is 5.73 Å². The zero-order chi connectivity index (χ0) is 16.1. The number of nitrogens with zero attached hydrogens (tertiary/aromatic N) is 1. The third kappa shape index (κ3) is 3.46. The highest BCUT2D eigenvalue weighted by Gasteiger charge is 2.11. The molecule has 6 heteroatoms. The summed E-state index contributed by atoms with van der Waals surface area (Å²) in [5.41, 5.74) is 7.25. The Morgan fingerprint density at radius 1 is 1.18 bits per heavy atom. The molecular weight excluding hydrogens is 282 g/mol. The molecular formula is C16H19N3O3. The van der Waals surface area contributed by atoms with E-state index in [2.05, 4.69) is 10.3 Å². The van der Waals surface area contributed by atoms with Crippen molar-refractivity contribution in [2.75, 3.05) is 19.5 Å². The van der Waals surface area contributed by atoms with Gasteiger partial charge in [-0.1, -0.05) is 6.07 Å². The minimum Gasteiger partial charge on any atom is -0.493 e. The van der Waals surface area contributed by atoms with Gasteiger partial charge in [-0.25, -0.2) is 0 Å². The highest BCUT2D eigenvalue weighted by Crippen LogP contribution is 2.31. The monoisotopic (exact) mass is 301 g/mol. The molecule has 0 radical (unpaired) electrons. The lowest BCUT2D eigenvalue weighted by Crippen LogP contribution is -2.14. The first-order chi connectivity index (χ1) is 10.5. The van der Waals surface area contributed by atoms with Crippen LogP contribution in [-0.2, 0) is 0 Å². The molecule has 1 heterocycles. The summed E-state index contributed by atoms with van der Waals surface area (Å²) in [4.78, 5) is 15.1. The summed E-state index contributed by atoms with van der Waals surface area (Å²) in [6, 6.07) is 9.13. The van der Waals surface area contributed by atoms with Gasteiger partial charge in [0.25, 0.3) is 5.91 Å². The van der Waals surface area contributed by atoms with E-state index in [1.54, 1.807) is 32.5 Å². The maximum atomic E-state index is 11.2. The number of nitrogens with one attached hydrogen (secondary N) is 1. The van der Waals surface area contributed by atoms with E-state index < -0.39 is 5.91 Å². The van der Waals surface area contributed by atoms with Crippen LogP contribution in [-0.4, -0.2) is 25.1 Å². The van der Waals surface area contributed by atoms with E-state index in [-0.39, 0.29) is 11.7 Å². The molecule has 2 aromatic rings. The van der Waals surface area contributed by atoms with Crippen LogP contribution >= 0.6 is 0 Å². The van der Waals surface area contributed by atoms with Crippen molar-refractivity contribution in [1.82, 2.24) is 4.98 Å². The van der Waals surface area contributed by atoms with Crippen molar-refractivity contribution in [3.05, 3.63) is 47.8 Å². The van der Waals surface area contributed by atoms with Crippen LogP contribution < -0.4 is 20.5 Å². The van der Waals surface area contributed by atoms with Gasteiger partial charge in [0, 0.05) is 17.9 Å². The highest BCUT2D eigenvalue weighted by molar-refractivity contribution is 5.91. The standard InChI is InChI=1S/C16H19N3O3/c1-10(11-4-5-14(21-2)15(8-11)22-3)19-12-6-7-18-13(9-12)16(17)20/h4-10H,1-3H3,(H2,17,20)(H,18,19). The summed E-state index contributed by atoms with van der Waals surface area (Å²) in [5, 5.41) is 3.30. The first kappa shape index (κ1) is 15.6. The quantitative estimate of drug-likeness (QED) is 0.855. The average molecular weight is 301 g/mol. The summed E-state index contributed by atoms with van der Waals surface area (Å²) in [6.07, 6.45) is 1.55. The SMILES string of the molecule is COc1ccc(C(C)Nc2ccnc(C(N)=O)c2)cc1OC. The number of benzene rings is 1. The Hall–Kier alpha value is -2.76. The average Bonchev–Trinajstić information content (AvgIpc) is 2.54. The number of anilines is 1. The van der Waals surface area contributed by atoms with Gasteiger partial charge in [-0.15, -0.1) is 0 Å². The normalized spacial score (nSPS) is 11.6. The highest BCUT2D eigenvalue weighted by atomic mass is 16.5. The number of rotatable bonds is 6. The van der Waals surface area contributed by atoms with Crippen molar-refractivity contribution in [3.8, 4) is 11.5 Å². The Balaban J connectivity index is 2.20. The number of hydrogen-bond acceptors (Lipinski definition) is 5. The summed E-state index contributed by atoms with van der Waals surface area (Å²) in [7, 11) is 3.20. The first-order valence-electron chi connectivity index (χ1n) is 6.79. The third-order valence-corrected chi connectivity index (χ3v) is 3.30. The van der Waals surface area contributed by atoms with E-state index in [4.69, 9.17) is 15.2 Å². The fourth-order valence-corrected chi connectivity index (χ4v) is 2.11. The molecule has 2 rings (SSSR count). The minimum atomic E-state index is -0.553. The lowest BCUT2D eigenvalue weighted by atomic mass is 10.1. The van der Waals surface area contributed by atoms with Crippen LogP contribution in [0.5, 0.6) is 11.5 Å². The van der Waals surface area contributed by atoms with Crippen molar-refractivity contribution >= 4 is 11.6 Å². The first-order valence-corrected chi connectivity index (χ1v) is 6.79. The van der Waals surface area contributed by atoms with Gasteiger partial charge in [0.15, 0.2) is 11.5 Å². The predicted molar refractivity (Wildman–Crippen MR) is 84.3 cm³/mol. The van der Waals surface area contributed by atoms with E-state index in [9.17, 15) is 4.79 Å². The van der Waals surface area contributed by atoms with E-state index in [0.717, 1.165) is 11.3 Å². The largest absolute Gasteiger partial charge is 0.493 e. The van der Waals surface area contributed by atoms with Crippen LogP contribution in [0.3, 0.4) is 0 Å². The van der Waals surface area contributed by atoms with E-state index >= 15 is 0 Å². The number of amides is 1. The van der Waals surface area contributed by atoms with Crippen molar-refractivity contribution in [3.63, 3.8) is 0 Å². The Kier molecular flexibility index (Phi) is 4.83. The van der Waals surface area contributed by atoms with Crippen LogP contribution in [0.2, 0.25) is 0 Å². The molecule has 6 nitrogen and oxygen atoms in total. The summed E-state index contributed by atoms with van der Waals surface area (Å²) >= 11 is 0. The van der Waals surface area contributed by atoms with Crippen molar-refractivity contribution in [2.45, 2.75) is 13.0 Å². The number of aromatic nitrogens is 1. The molecule has 1 amide bonds. The lowest BCUT2D eigenvalue weighted by molar-refractivity contribution is 0.0995. The summed E-state index contributed by atoms with van der Waals surface area (Å²) < 4.78 is 10.5. The number of nitrogens with two attached hydrogens (primary N) is 1. The topological polar surface area (TPSA) is 86.5 Å². The molecule has 22 heavy (non-hydrogen) atoms. The maximum absolute atomic E-state index is 11.2. The number of carbonyl (C=O) groups excluding carboxylic acids is 1. The van der Waals surface area contributed by atoms with Crippen LogP contribution in [0, 0.1) is 0 Å². The number of pyridine rings is 1. The van der Waals surface area contributed by atoms with Crippen molar-refractivity contribution < 1.29 is 14.3 Å². The second-order valence-corrected chi connectivity index (χ2v) is 4.77. The van der Waals surface area contributed by atoms with Gasteiger partial charge in [0.2, 0.25) is 0 Å². The Bertz CT molecular complexity index is 673. The molecule has 0 aliphatic carbocycles. The van der Waals surface area contributed by atoms with Gasteiger partial charge in [-0.05, 0) is 36.8 Å². The molecule has 116 valence electrons. The van der Waals surface area contributed by atoms with Crippen molar-refractivity contribution in [1.29, 1.82) is 0 Å². The van der Waals surface area contributed by atoms with Gasteiger partial charge in [0.1, 0.15) is 5.69 Å². The molecule has 0 fully saturated rings. The number of methoxy groups -OCH3 is 2. The molecule has 1 atom stereocenters. The maximum Gasteiger partial charge on any atom is 0.267 e. The zero-order valence-corrected chi connectivity index (χ0v) is 12.8. The van der Waals surface area contributed by atoms with Gasteiger partial charge >= 0.3 is 0 Å². The molecule has 0 aliphatic heterocycles. The van der Waals surface area contributed by atoms with Crippen LogP contribution in [0.1, 0.15) is 29.0 Å². The van der Waals surface area contributed by atoms with Gasteiger partial charge in [0.05, 0.1) is 14.2 Å². The zero-order valence-electron chi connectivity index (χ0n) is 12.8. The number of carbonyl (C=O) groups is 1. The smallest absolute Gasteiger partial charge is 0.267 e. The summed E-state index contributed by atoms with van der Waals surface area (Å²) in [6.45, 7) is 2.01. The second-order valence-electron chi connectivity index (χ2n) is 4.77. The molecule has 1 aromatic carbocycles. The van der Waals surface area contributed by atoms with Crippen LogP contribution in [0.25, 0.3) is 0 Å². The molecule has 0 bridgehead atoms. The number of ether oxygens (including phenoxy) is 2. The molecule has 0 saturated heterocycles. The van der Waals surface area contributed by atoms with Crippen LogP contribution in [0.15, 0.2) is 36.5 Å². The van der Waals surface area contributed by atoms with E-state index in [0.29, 0.717) is 11.5 Å². The molecule has 1 aromatic heterocycles. The van der Waals surface area contributed by atoms with Crippen LogP contribution in [0.4, 0.5) is 5.69 Å². The number of hydrogen-bond donors (Lipinski definition) is 2. The molecule has 0 aliphatic rings. The molecule has 0 saturated carbocycles.